The molecule has 8 nitrogen and oxygen atoms in total. The summed E-state index contributed by atoms with van der Waals surface area (Å²) in [6.07, 6.45) is 4.15. The average molecular weight is 511 g/mol. The molecule has 4 amide bonds. The van der Waals surface area contributed by atoms with Gasteiger partial charge in [-0.1, -0.05) is 0 Å². The molecule has 1 aliphatic rings. The van der Waals surface area contributed by atoms with Crippen molar-refractivity contribution in [3.63, 3.8) is 0 Å². The Morgan fingerprint density at radius 1 is 1.29 bits per heavy atom. The number of carbonyl (C=O) groups excluding carboxylic acids is 3. The number of urea groups is 1. The van der Waals surface area contributed by atoms with Crippen molar-refractivity contribution in [3.05, 3.63) is 50.7 Å². The van der Waals surface area contributed by atoms with Crippen LogP contribution in [-0.4, -0.2) is 34.5 Å². The van der Waals surface area contributed by atoms with Crippen LogP contribution in [-0.2, 0) is 9.59 Å². The number of hydrogen-bond acceptors (Lipinski definition) is 6. The molecule has 2 aromatic rings. The molecule has 0 unspecified atom stereocenters. The summed E-state index contributed by atoms with van der Waals surface area (Å²) in [6, 6.07) is 3.71. The molecule has 28 heavy (non-hydrogen) atoms. The number of benzene rings is 1. The van der Waals surface area contributed by atoms with E-state index in [4.69, 9.17) is 4.74 Å². The van der Waals surface area contributed by atoms with Gasteiger partial charge in [0.2, 0.25) is 0 Å². The number of carbonyl (C=O) groups is 3. The Labute approximate surface area is 176 Å². The second kappa shape index (κ2) is 8.11. The fourth-order valence-corrected chi connectivity index (χ4v) is 3.36. The molecule has 2 heterocycles. The smallest absolute Gasteiger partial charge is 0.336 e. The van der Waals surface area contributed by atoms with Crippen molar-refractivity contribution in [3.8, 4) is 11.5 Å². The number of ether oxygens (including phenoxy) is 1. The third kappa shape index (κ3) is 3.65. The molecule has 0 atom stereocenters. The lowest BCUT2D eigenvalue weighted by atomic mass is 10.1. The van der Waals surface area contributed by atoms with Crippen LogP contribution < -0.4 is 15.0 Å². The highest BCUT2D eigenvalue weighted by Crippen LogP contribution is 2.42. The Bertz CT molecular complexity index is 1010. The quantitative estimate of drug-likeness (QED) is 0.482. The summed E-state index contributed by atoms with van der Waals surface area (Å²) in [5.41, 5.74) is 0.362. The maximum absolute atomic E-state index is 12.9. The van der Waals surface area contributed by atoms with Gasteiger partial charge in [0.25, 0.3) is 11.8 Å². The van der Waals surface area contributed by atoms with Gasteiger partial charge < -0.3 is 9.84 Å². The molecule has 0 radical (unpaired) electrons. The van der Waals surface area contributed by atoms with Crippen LogP contribution >= 0.6 is 31.9 Å². The number of halogens is 2. The van der Waals surface area contributed by atoms with Crippen molar-refractivity contribution in [2.45, 2.75) is 6.92 Å². The molecule has 0 saturated carbocycles. The lowest BCUT2D eigenvalue weighted by Crippen LogP contribution is -2.54. The van der Waals surface area contributed by atoms with Gasteiger partial charge in [0, 0.05) is 10.7 Å². The average Bonchev–Trinajstić information content (AvgIpc) is 2.67. The van der Waals surface area contributed by atoms with Crippen molar-refractivity contribution >= 4 is 61.5 Å². The molecule has 1 saturated heterocycles. The van der Waals surface area contributed by atoms with Gasteiger partial charge in [-0.2, -0.15) is 0 Å². The van der Waals surface area contributed by atoms with Crippen molar-refractivity contribution in [2.75, 3.05) is 11.5 Å². The van der Waals surface area contributed by atoms with Crippen molar-refractivity contribution < 1.29 is 24.2 Å². The number of nitrogens with one attached hydrogen (secondary N) is 1. The third-order valence-corrected chi connectivity index (χ3v) is 5.94. The molecule has 1 aromatic heterocycles. The first-order chi connectivity index (χ1) is 13.3. The van der Waals surface area contributed by atoms with E-state index in [1.807, 2.05) is 0 Å². The van der Waals surface area contributed by atoms with Crippen LogP contribution in [0.3, 0.4) is 0 Å². The van der Waals surface area contributed by atoms with Crippen molar-refractivity contribution in [1.29, 1.82) is 0 Å². The van der Waals surface area contributed by atoms with Gasteiger partial charge in [0.05, 0.1) is 23.0 Å². The van der Waals surface area contributed by atoms with Crippen LogP contribution in [0.15, 0.2) is 45.1 Å². The van der Waals surface area contributed by atoms with E-state index < -0.39 is 17.8 Å². The zero-order valence-electron chi connectivity index (χ0n) is 14.4. The second-order valence-electron chi connectivity index (χ2n) is 5.54. The number of pyridine rings is 1. The number of aromatic nitrogens is 1. The molecule has 144 valence electrons. The van der Waals surface area contributed by atoms with E-state index in [0.29, 0.717) is 21.1 Å². The number of imide groups is 2. The van der Waals surface area contributed by atoms with Crippen LogP contribution in [0.5, 0.6) is 11.5 Å². The first kappa shape index (κ1) is 20.0. The Kier molecular flexibility index (Phi) is 5.80. The predicted molar refractivity (Wildman–Crippen MR) is 108 cm³/mol. The number of hydrogen-bond donors (Lipinski definition) is 2. The van der Waals surface area contributed by atoms with E-state index >= 15 is 0 Å². The molecule has 1 aliphatic heterocycles. The normalized spacial score (nSPS) is 15.8. The number of phenolic OH excluding ortho intramolecular Hbond substituents is 1. The minimum atomic E-state index is -0.860. The Balaban J connectivity index is 2.09. The van der Waals surface area contributed by atoms with Crippen LogP contribution in [0, 0.1) is 0 Å². The SMILES string of the molecule is CCOc1cc(/C=C2\C(=O)NC(=O)N(c3cccnc3)C2=O)c(Br)c(Br)c1O. The van der Waals surface area contributed by atoms with Crippen molar-refractivity contribution in [1.82, 2.24) is 10.3 Å². The standard InChI is InChI=1S/C18H13Br2N3O5/c1-2-28-12-7-9(13(19)14(20)15(12)24)6-11-16(25)22-18(27)23(17(11)26)10-4-3-5-21-8-10/h3-8,24H,2H2,1H3,(H,22,25,27)/b11-6+. The summed E-state index contributed by atoms with van der Waals surface area (Å²) in [6.45, 7) is 2.06. The van der Waals surface area contributed by atoms with Gasteiger partial charge in [-0.15, -0.1) is 0 Å². The van der Waals surface area contributed by atoms with Gasteiger partial charge in [-0.05, 0) is 68.6 Å². The first-order valence-corrected chi connectivity index (χ1v) is 9.59. The Morgan fingerprint density at radius 2 is 2.04 bits per heavy atom. The molecule has 10 heteroatoms. The predicted octanol–water partition coefficient (Wildman–Crippen LogP) is 3.38. The van der Waals surface area contributed by atoms with Gasteiger partial charge >= 0.3 is 6.03 Å². The summed E-state index contributed by atoms with van der Waals surface area (Å²) in [4.78, 5) is 42.0. The van der Waals surface area contributed by atoms with Gasteiger partial charge in [-0.3, -0.25) is 19.9 Å². The highest BCUT2D eigenvalue weighted by Gasteiger charge is 2.37. The largest absolute Gasteiger partial charge is 0.503 e. The number of phenols is 1. The third-order valence-electron chi connectivity index (χ3n) is 3.78. The van der Waals surface area contributed by atoms with Crippen LogP contribution in [0.25, 0.3) is 6.08 Å². The highest BCUT2D eigenvalue weighted by atomic mass is 79.9. The van der Waals surface area contributed by atoms with Gasteiger partial charge in [-0.25, -0.2) is 9.69 Å². The van der Waals surface area contributed by atoms with E-state index in [1.54, 1.807) is 13.0 Å². The zero-order chi connectivity index (χ0) is 20.4. The van der Waals surface area contributed by atoms with Gasteiger partial charge in [0.1, 0.15) is 5.57 Å². The summed E-state index contributed by atoms with van der Waals surface area (Å²) in [5.74, 6) is -1.57. The summed E-state index contributed by atoms with van der Waals surface area (Å²) in [5, 5.41) is 12.3. The minimum absolute atomic E-state index is 0.123. The van der Waals surface area contributed by atoms with E-state index in [-0.39, 0.29) is 22.8 Å². The summed E-state index contributed by atoms with van der Waals surface area (Å²) < 4.78 is 6.08. The molecule has 1 fully saturated rings. The maximum atomic E-state index is 12.9. The van der Waals surface area contributed by atoms with Crippen LogP contribution in [0.4, 0.5) is 10.5 Å². The molecular formula is C18H13Br2N3O5. The molecular weight excluding hydrogens is 498 g/mol. The van der Waals surface area contributed by atoms with Crippen LogP contribution in [0.1, 0.15) is 12.5 Å². The summed E-state index contributed by atoms with van der Waals surface area (Å²) in [7, 11) is 0. The number of rotatable bonds is 4. The fourth-order valence-electron chi connectivity index (χ4n) is 2.52. The minimum Gasteiger partial charge on any atom is -0.503 e. The van der Waals surface area contributed by atoms with E-state index in [9.17, 15) is 19.5 Å². The maximum Gasteiger partial charge on any atom is 0.336 e. The lowest BCUT2D eigenvalue weighted by Gasteiger charge is -2.26. The Hall–Kier alpha value is -2.72. The number of barbiturate groups is 1. The molecule has 1 aromatic carbocycles. The number of amides is 4. The van der Waals surface area contributed by atoms with Crippen molar-refractivity contribution in [2.24, 2.45) is 0 Å². The summed E-state index contributed by atoms with van der Waals surface area (Å²) >= 11 is 6.55. The van der Waals surface area contributed by atoms with E-state index in [2.05, 4.69) is 42.2 Å². The molecule has 3 rings (SSSR count). The number of anilines is 1. The first-order valence-electron chi connectivity index (χ1n) is 8.00. The van der Waals surface area contributed by atoms with Crippen LogP contribution in [0.2, 0.25) is 0 Å². The number of nitrogens with zero attached hydrogens (tertiary/aromatic N) is 2. The fraction of sp³-hybridized carbons (Fsp3) is 0.111. The highest BCUT2D eigenvalue weighted by molar-refractivity contribution is 9.13. The number of aromatic hydroxyl groups is 1. The molecule has 2 N–H and O–H groups in total. The molecule has 0 spiro atoms. The zero-order valence-corrected chi connectivity index (χ0v) is 17.6. The topological polar surface area (TPSA) is 109 Å². The lowest BCUT2D eigenvalue weighted by molar-refractivity contribution is -0.122. The monoisotopic (exact) mass is 509 g/mol. The van der Waals surface area contributed by atoms with Gasteiger partial charge in [0.15, 0.2) is 11.5 Å². The van der Waals surface area contributed by atoms with E-state index in [0.717, 1.165) is 4.90 Å². The molecule has 0 aliphatic carbocycles. The van der Waals surface area contributed by atoms with E-state index in [1.165, 1.54) is 30.6 Å². The second-order valence-corrected chi connectivity index (χ2v) is 7.13. The Morgan fingerprint density at radius 3 is 2.68 bits per heavy atom. The molecule has 0 bridgehead atoms.